The highest BCUT2D eigenvalue weighted by atomic mass is 19.1. The van der Waals surface area contributed by atoms with Gasteiger partial charge in [-0.3, -0.25) is 0 Å². The van der Waals surface area contributed by atoms with Crippen LogP contribution in [-0.2, 0) is 0 Å². The van der Waals surface area contributed by atoms with Gasteiger partial charge in [-0.2, -0.15) is 0 Å². The van der Waals surface area contributed by atoms with Gasteiger partial charge in [0.15, 0.2) is 0 Å². The smallest absolute Gasteiger partial charge is 0.137 e. The van der Waals surface area contributed by atoms with Crippen molar-refractivity contribution in [3.05, 3.63) is 41.4 Å². The van der Waals surface area contributed by atoms with Crippen LogP contribution >= 0.6 is 0 Å². The molecule has 0 spiro atoms. The average molecular weight is 191 g/mol. The van der Waals surface area contributed by atoms with Crippen LogP contribution in [0.25, 0.3) is 11.3 Å². The van der Waals surface area contributed by atoms with Gasteiger partial charge in [-0.25, -0.2) is 4.39 Å². The lowest BCUT2D eigenvalue weighted by Gasteiger charge is -1.98. The highest BCUT2D eigenvalue weighted by molar-refractivity contribution is 5.63. The monoisotopic (exact) mass is 191 g/mol. The van der Waals surface area contributed by atoms with Crippen molar-refractivity contribution >= 4 is 0 Å². The third-order valence-corrected chi connectivity index (χ3v) is 2.29. The molecule has 2 aromatic rings. The summed E-state index contributed by atoms with van der Waals surface area (Å²) in [7, 11) is 0. The van der Waals surface area contributed by atoms with Gasteiger partial charge in [0.05, 0.1) is 0 Å². The standard InChI is InChI=1S/C11H10FNO/c1-7-8(2)14-13-11(7)9-5-3-4-6-10(9)12/h3-6H,1-2H3. The second-order valence-corrected chi connectivity index (χ2v) is 3.19. The molecule has 72 valence electrons. The molecule has 0 atom stereocenters. The van der Waals surface area contributed by atoms with E-state index in [2.05, 4.69) is 5.16 Å². The zero-order chi connectivity index (χ0) is 10.1. The molecular formula is C11H10FNO. The average Bonchev–Trinajstić information content (AvgIpc) is 2.49. The molecule has 1 aromatic carbocycles. The van der Waals surface area contributed by atoms with E-state index in [0.717, 1.165) is 11.3 Å². The predicted octanol–water partition coefficient (Wildman–Crippen LogP) is 3.10. The normalized spacial score (nSPS) is 10.5. The molecule has 0 radical (unpaired) electrons. The molecule has 0 aliphatic heterocycles. The van der Waals surface area contributed by atoms with Crippen molar-refractivity contribution in [3.63, 3.8) is 0 Å². The van der Waals surface area contributed by atoms with Crippen LogP contribution in [0.2, 0.25) is 0 Å². The summed E-state index contributed by atoms with van der Waals surface area (Å²) in [5.41, 5.74) is 1.96. The summed E-state index contributed by atoms with van der Waals surface area (Å²) in [6.07, 6.45) is 0. The summed E-state index contributed by atoms with van der Waals surface area (Å²) in [6.45, 7) is 3.68. The third kappa shape index (κ3) is 1.31. The van der Waals surface area contributed by atoms with E-state index >= 15 is 0 Å². The Bertz CT molecular complexity index is 462. The molecule has 0 aliphatic carbocycles. The number of benzene rings is 1. The molecule has 0 unspecified atom stereocenters. The molecule has 2 rings (SSSR count). The summed E-state index contributed by atoms with van der Waals surface area (Å²) in [4.78, 5) is 0. The molecule has 3 heteroatoms. The maximum absolute atomic E-state index is 13.4. The quantitative estimate of drug-likeness (QED) is 0.692. The van der Waals surface area contributed by atoms with E-state index in [0.29, 0.717) is 11.3 Å². The first-order valence-electron chi connectivity index (χ1n) is 4.38. The molecule has 0 fully saturated rings. The summed E-state index contributed by atoms with van der Waals surface area (Å²) in [6, 6.07) is 6.54. The number of hydrogen-bond donors (Lipinski definition) is 0. The highest BCUT2D eigenvalue weighted by Crippen LogP contribution is 2.26. The van der Waals surface area contributed by atoms with Gasteiger partial charge in [-0.1, -0.05) is 17.3 Å². The second-order valence-electron chi connectivity index (χ2n) is 3.19. The second kappa shape index (κ2) is 3.25. The minimum absolute atomic E-state index is 0.274. The van der Waals surface area contributed by atoms with Gasteiger partial charge in [0.25, 0.3) is 0 Å². The van der Waals surface area contributed by atoms with E-state index in [1.165, 1.54) is 6.07 Å². The van der Waals surface area contributed by atoms with Gasteiger partial charge in [0.1, 0.15) is 17.3 Å². The van der Waals surface area contributed by atoms with Gasteiger partial charge >= 0.3 is 0 Å². The number of hydrogen-bond acceptors (Lipinski definition) is 2. The third-order valence-electron chi connectivity index (χ3n) is 2.29. The van der Waals surface area contributed by atoms with Crippen LogP contribution in [0.15, 0.2) is 28.8 Å². The Balaban J connectivity index is 2.60. The molecule has 0 saturated carbocycles. The van der Waals surface area contributed by atoms with E-state index in [9.17, 15) is 4.39 Å². The van der Waals surface area contributed by atoms with Crippen molar-refractivity contribution in [1.29, 1.82) is 0 Å². The molecule has 0 bridgehead atoms. The maximum Gasteiger partial charge on any atom is 0.137 e. The molecule has 14 heavy (non-hydrogen) atoms. The van der Waals surface area contributed by atoms with Crippen molar-refractivity contribution in [2.75, 3.05) is 0 Å². The fourth-order valence-corrected chi connectivity index (χ4v) is 1.32. The summed E-state index contributed by atoms with van der Waals surface area (Å²) in [5.74, 6) is 0.451. The lowest BCUT2D eigenvalue weighted by molar-refractivity contribution is 0.398. The predicted molar refractivity (Wildman–Crippen MR) is 51.4 cm³/mol. The molecule has 0 saturated heterocycles. The minimum Gasteiger partial charge on any atom is -0.361 e. The molecule has 0 aliphatic rings. The van der Waals surface area contributed by atoms with E-state index in [4.69, 9.17) is 4.52 Å². The molecule has 1 heterocycles. The molecular weight excluding hydrogens is 181 g/mol. The summed E-state index contributed by atoms with van der Waals surface area (Å²) in [5, 5.41) is 3.83. The topological polar surface area (TPSA) is 26.0 Å². The van der Waals surface area contributed by atoms with Crippen LogP contribution in [-0.4, -0.2) is 5.16 Å². The number of rotatable bonds is 1. The van der Waals surface area contributed by atoms with Crippen LogP contribution in [0, 0.1) is 19.7 Å². The zero-order valence-corrected chi connectivity index (χ0v) is 8.04. The van der Waals surface area contributed by atoms with Crippen molar-refractivity contribution in [1.82, 2.24) is 5.16 Å². The summed E-state index contributed by atoms with van der Waals surface area (Å²) < 4.78 is 18.4. The Morgan fingerprint density at radius 2 is 1.93 bits per heavy atom. The fourth-order valence-electron chi connectivity index (χ4n) is 1.32. The lowest BCUT2D eigenvalue weighted by Crippen LogP contribution is -1.85. The van der Waals surface area contributed by atoms with Gasteiger partial charge in [-0.05, 0) is 26.0 Å². The Hall–Kier alpha value is -1.64. The first-order chi connectivity index (χ1) is 6.70. The van der Waals surface area contributed by atoms with Crippen LogP contribution in [0.1, 0.15) is 11.3 Å². The number of aryl methyl sites for hydroxylation is 1. The van der Waals surface area contributed by atoms with Crippen molar-refractivity contribution in [3.8, 4) is 11.3 Å². The van der Waals surface area contributed by atoms with Crippen LogP contribution in [0.5, 0.6) is 0 Å². The van der Waals surface area contributed by atoms with Gasteiger partial charge in [0.2, 0.25) is 0 Å². The molecule has 0 N–H and O–H groups in total. The highest BCUT2D eigenvalue weighted by Gasteiger charge is 2.13. The Kier molecular flexibility index (Phi) is 2.08. The first-order valence-corrected chi connectivity index (χ1v) is 4.38. The Morgan fingerprint density at radius 1 is 1.21 bits per heavy atom. The summed E-state index contributed by atoms with van der Waals surface area (Å²) >= 11 is 0. The SMILES string of the molecule is Cc1onc(-c2ccccc2F)c1C. The van der Waals surface area contributed by atoms with E-state index in [1.807, 2.05) is 13.8 Å². The first kappa shape index (κ1) is 8.94. The van der Waals surface area contributed by atoms with Gasteiger partial charge < -0.3 is 4.52 Å². The minimum atomic E-state index is -0.274. The van der Waals surface area contributed by atoms with E-state index < -0.39 is 0 Å². The van der Waals surface area contributed by atoms with Crippen molar-refractivity contribution in [2.45, 2.75) is 13.8 Å². The zero-order valence-electron chi connectivity index (χ0n) is 8.04. The number of nitrogens with zero attached hydrogens (tertiary/aromatic N) is 1. The fraction of sp³-hybridized carbons (Fsp3) is 0.182. The number of halogens is 1. The maximum atomic E-state index is 13.4. The van der Waals surface area contributed by atoms with Crippen molar-refractivity contribution < 1.29 is 8.91 Å². The van der Waals surface area contributed by atoms with Crippen molar-refractivity contribution in [2.24, 2.45) is 0 Å². The molecule has 0 amide bonds. The number of aromatic nitrogens is 1. The Labute approximate surface area is 81.3 Å². The van der Waals surface area contributed by atoms with E-state index in [1.54, 1.807) is 18.2 Å². The molecule has 1 aromatic heterocycles. The van der Waals surface area contributed by atoms with Crippen LogP contribution in [0.3, 0.4) is 0 Å². The van der Waals surface area contributed by atoms with Crippen LogP contribution < -0.4 is 0 Å². The van der Waals surface area contributed by atoms with Gasteiger partial charge in [-0.15, -0.1) is 0 Å². The molecule has 2 nitrogen and oxygen atoms in total. The lowest BCUT2D eigenvalue weighted by atomic mass is 10.1. The Morgan fingerprint density at radius 3 is 2.50 bits per heavy atom. The van der Waals surface area contributed by atoms with Gasteiger partial charge in [0, 0.05) is 11.1 Å². The van der Waals surface area contributed by atoms with E-state index in [-0.39, 0.29) is 5.82 Å². The largest absolute Gasteiger partial charge is 0.361 e. The van der Waals surface area contributed by atoms with Crippen LogP contribution in [0.4, 0.5) is 4.39 Å².